The minimum absolute atomic E-state index is 0.431. The predicted molar refractivity (Wildman–Crippen MR) is 43.0 cm³/mol. The fraction of sp³-hybridized carbons (Fsp3) is 1.00. The molecule has 1 aliphatic heterocycles. The van der Waals surface area contributed by atoms with Gasteiger partial charge in [-0.1, -0.05) is 0 Å². The van der Waals surface area contributed by atoms with Gasteiger partial charge >= 0.3 is 0 Å². The molecule has 1 atom stereocenters. The summed E-state index contributed by atoms with van der Waals surface area (Å²) in [5.41, 5.74) is 1.14. The smallest absolute Gasteiger partial charge is 0.0342 e. The van der Waals surface area contributed by atoms with Crippen LogP contribution in [0, 0.1) is 0 Å². The fourth-order valence-electron chi connectivity index (χ4n) is 2.22. The highest BCUT2D eigenvalue weighted by Gasteiger charge is 2.59. The Morgan fingerprint density at radius 3 is 1.90 bits per heavy atom. The van der Waals surface area contributed by atoms with Gasteiger partial charge in [0.15, 0.2) is 0 Å². The van der Waals surface area contributed by atoms with E-state index in [2.05, 4.69) is 25.7 Å². The zero-order valence-corrected chi connectivity index (χ0v) is 7.28. The van der Waals surface area contributed by atoms with Crippen molar-refractivity contribution >= 4 is 0 Å². The lowest BCUT2D eigenvalue weighted by molar-refractivity contribution is 0.183. The molecule has 1 spiro atoms. The van der Waals surface area contributed by atoms with Gasteiger partial charge in [-0.25, -0.2) is 0 Å². The number of rotatable bonds is 0. The fourth-order valence-corrected chi connectivity index (χ4v) is 2.22. The molecule has 10 heavy (non-hydrogen) atoms. The van der Waals surface area contributed by atoms with Gasteiger partial charge in [0.1, 0.15) is 0 Å². The van der Waals surface area contributed by atoms with Crippen LogP contribution >= 0.6 is 0 Å². The Hall–Kier alpha value is -0.0400. The largest absolute Gasteiger partial charge is 0.290 e. The highest BCUT2D eigenvalue weighted by molar-refractivity contribution is 5.16. The van der Waals surface area contributed by atoms with E-state index in [9.17, 15) is 0 Å². The van der Waals surface area contributed by atoms with Crippen molar-refractivity contribution in [2.45, 2.75) is 51.1 Å². The van der Waals surface area contributed by atoms with E-state index in [1.807, 2.05) is 0 Å². The molecular weight excluding hydrogens is 122 g/mol. The molecule has 1 unspecified atom stereocenters. The van der Waals surface area contributed by atoms with E-state index >= 15 is 0 Å². The summed E-state index contributed by atoms with van der Waals surface area (Å²) in [6, 6.07) is 0. The molecule has 0 aromatic rings. The van der Waals surface area contributed by atoms with Crippen molar-refractivity contribution < 1.29 is 0 Å². The van der Waals surface area contributed by atoms with Crippen LogP contribution < -0.4 is 0 Å². The Morgan fingerprint density at radius 1 is 1.20 bits per heavy atom. The Kier molecular flexibility index (Phi) is 1.05. The van der Waals surface area contributed by atoms with Crippen molar-refractivity contribution in [2.24, 2.45) is 0 Å². The van der Waals surface area contributed by atoms with E-state index in [0.29, 0.717) is 11.1 Å². The first-order valence-electron chi connectivity index (χ1n) is 4.32. The zero-order chi connectivity index (χ0) is 7.41. The molecule has 1 nitrogen and oxygen atoms in total. The van der Waals surface area contributed by atoms with E-state index in [1.54, 1.807) is 0 Å². The van der Waals surface area contributed by atoms with E-state index in [-0.39, 0.29) is 0 Å². The topological polar surface area (TPSA) is 3.01 Å². The van der Waals surface area contributed by atoms with Crippen LogP contribution in [-0.2, 0) is 0 Å². The standard InChI is InChI=1S/C9H17N/c1-8(2,3)10-7-9(10)5-4-6-9/h4-7H2,1-3H3. The number of hydrogen-bond donors (Lipinski definition) is 0. The normalized spacial score (nSPS) is 35.7. The first kappa shape index (κ1) is 6.66. The highest BCUT2D eigenvalue weighted by Crippen LogP contribution is 2.52. The quantitative estimate of drug-likeness (QED) is 0.464. The van der Waals surface area contributed by atoms with Gasteiger partial charge in [0.25, 0.3) is 0 Å². The average Bonchev–Trinajstić information content (AvgIpc) is 2.30. The van der Waals surface area contributed by atoms with Crippen LogP contribution in [0.1, 0.15) is 40.0 Å². The summed E-state index contributed by atoms with van der Waals surface area (Å²) in [7, 11) is 0. The van der Waals surface area contributed by atoms with E-state index < -0.39 is 0 Å². The third-order valence-corrected chi connectivity index (χ3v) is 3.02. The Bertz CT molecular complexity index is 151. The molecule has 0 aromatic heterocycles. The van der Waals surface area contributed by atoms with Crippen LogP contribution in [0.2, 0.25) is 0 Å². The molecule has 1 heterocycles. The number of hydrogen-bond acceptors (Lipinski definition) is 1. The summed E-state index contributed by atoms with van der Waals surface area (Å²) in [5, 5.41) is 0. The van der Waals surface area contributed by atoms with Gasteiger partial charge in [-0.15, -0.1) is 0 Å². The average molecular weight is 139 g/mol. The van der Waals surface area contributed by atoms with Gasteiger partial charge in [-0.05, 0) is 40.0 Å². The molecule has 0 amide bonds. The molecule has 2 aliphatic rings. The molecule has 1 saturated heterocycles. The molecule has 1 saturated carbocycles. The zero-order valence-electron chi connectivity index (χ0n) is 7.28. The summed E-state index contributed by atoms with van der Waals surface area (Å²) >= 11 is 0. The van der Waals surface area contributed by atoms with Gasteiger partial charge in [0.2, 0.25) is 0 Å². The molecular formula is C9H17N. The van der Waals surface area contributed by atoms with Gasteiger partial charge in [0, 0.05) is 17.6 Å². The van der Waals surface area contributed by atoms with E-state index in [1.165, 1.54) is 25.8 Å². The Morgan fingerprint density at radius 2 is 1.80 bits per heavy atom. The lowest BCUT2D eigenvalue weighted by Crippen LogP contribution is -2.36. The second-order valence-electron chi connectivity index (χ2n) is 4.83. The second kappa shape index (κ2) is 1.58. The minimum Gasteiger partial charge on any atom is -0.290 e. The van der Waals surface area contributed by atoms with Gasteiger partial charge in [0.05, 0.1) is 0 Å². The molecule has 0 radical (unpaired) electrons. The van der Waals surface area contributed by atoms with Crippen molar-refractivity contribution in [1.29, 1.82) is 0 Å². The third kappa shape index (κ3) is 0.731. The monoisotopic (exact) mass is 139 g/mol. The summed E-state index contributed by atoms with van der Waals surface area (Å²) in [6.07, 6.45) is 4.39. The molecule has 1 heteroatoms. The summed E-state index contributed by atoms with van der Waals surface area (Å²) < 4.78 is 0. The molecule has 2 fully saturated rings. The molecule has 0 N–H and O–H groups in total. The van der Waals surface area contributed by atoms with Crippen LogP contribution in [0.15, 0.2) is 0 Å². The Labute approximate surface area is 63.4 Å². The maximum atomic E-state index is 2.64. The lowest BCUT2D eigenvalue weighted by atomic mass is 9.84. The van der Waals surface area contributed by atoms with E-state index in [0.717, 1.165) is 0 Å². The maximum absolute atomic E-state index is 2.64. The first-order chi connectivity index (χ1) is 4.55. The van der Waals surface area contributed by atoms with Crippen molar-refractivity contribution in [3.05, 3.63) is 0 Å². The Balaban J connectivity index is 2.01. The number of nitrogens with zero attached hydrogens (tertiary/aromatic N) is 1. The maximum Gasteiger partial charge on any atom is 0.0342 e. The summed E-state index contributed by atoms with van der Waals surface area (Å²) in [6.45, 7) is 8.33. The summed E-state index contributed by atoms with van der Waals surface area (Å²) in [5.74, 6) is 0. The van der Waals surface area contributed by atoms with Crippen molar-refractivity contribution in [3.8, 4) is 0 Å². The predicted octanol–water partition coefficient (Wildman–Crippen LogP) is 2.02. The van der Waals surface area contributed by atoms with Crippen molar-refractivity contribution in [1.82, 2.24) is 4.90 Å². The second-order valence-corrected chi connectivity index (χ2v) is 4.83. The van der Waals surface area contributed by atoms with Crippen LogP contribution in [0.3, 0.4) is 0 Å². The highest BCUT2D eigenvalue weighted by atomic mass is 15.4. The molecule has 58 valence electrons. The molecule has 0 bridgehead atoms. The van der Waals surface area contributed by atoms with Gasteiger partial charge in [-0.2, -0.15) is 0 Å². The lowest BCUT2D eigenvalue weighted by Gasteiger charge is -2.32. The van der Waals surface area contributed by atoms with Crippen LogP contribution in [0.5, 0.6) is 0 Å². The molecule has 2 rings (SSSR count). The molecule has 1 aliphatic carbocycles. The minimum atomic E-state index is 0.431. The first-order valence-corrected chi connectivity index (χ1v) is 4.32. The van der Waals surface area contributed by atoms with Crippen LogP contribution in [-0.4, -0.2) is 22.5 Å². The van der Waals surface area contributed by atoms with Gasteiger partial charge < -0.3 is 0 Å². The third-order valence-electron chi connectivity index (χ3n) is 3.02. The van der Waals surface area contributed by atoms with Crippen molar-refractivity contribution in [2.75, 3.05) is 6.54 Å². The van der Waals surface area contributed by atoms with Crippen LogP contribution in [0.25, 0.3) is 0 Å². The SMILES string of the molecule is CC(C)(C)N1CC12CCC2. The molecule has 0 aromatic carbocycles. The summed E-state index contributed by atoms with van der Waals surface area (Å²) in [4.78, 5) is 2.64. The van der Waals surface area contributed by atoms with E-state index in [4.69, 9.17) is 0 Å². The van der Waals surface area contributed by atoms with Crippen molar-refractivity contribution in [3.63, 3.8) is 0 Å². The van der Waals surface area contributed by atoms with Gasteiger partial charge in [-0.3, -0.25) is 4.90 Å². The van der Waals surface area contributed by atoms with Crippen LogP contribution in [0.4, 0.5) is 0 Å².